The van der Waals surface area contributed by atoms with E-state index >= 15 is 0 Å². The third-order valence-corrected chi connectivity index (χ3v) is 3.48. The Morgan fingerprint density at radius 1 is 1.04 bits per heavy atom. The number of allylic oxidation sites excluding steroid dienone is 3. The molecule has 0 aliphatic carbocycles. The topological polar surface area (TPSA) is 81.7 Å². The summed E-state index contributed by atoms with van der Waals surface area (Å²) in [5.74, 6) is 0.487. The monoisotopic (exact) mass is 315 g/mol. The van der Waals surface area contributed by atoms with Crippen molar-refractivity contribution in [3.63, 3.8) is 0 Å². The maximum Gasteiger partial charge on any atom is 0.223 e. The van der Waals surface area contributed by atoms with Crippen LogP contribution in [-0.2, 0) is 0 Å². The van der Waals surface area contributed by atoms with E-state index in [1.807, 2.05) is 42.5 Å². The van der Waals surface area contributed by atoms with E-state index < -0.39 is 0 Å². The summed E-state index contributed by atoms with van der Waals surface area (Å²) in [4.78, 5) is 14.4. The molecule has 4 heterocycles. The Morgan fingerprint density at radius 2 is 2.04 bits per heavy atom. The largest absolute Gasteiger partial charge is 0.264 e. The Hall–Kier alpha value is -3.48. The Kier molecular flexibility index (Phi) is 3.73. The average molecular weight is 315 g/mol. The van der Waals surface area contributed by atoms with Gasteiger partial charge < -0.3 is 0 Å². The first-order valence-corrected chi connectivity index (χ1v) is 7.46. The number of aliphatic imine (C=N–C) groups is 1. The minimum Gasteiger partial charge on any atom is -0.264 e. The van der Waals surface area contributed by atoms with Crippen LogP contribution in [0.4, 0.5) is 0 Å². The molecular formula is C17H13N7. The summed E-state index contributed by atoms with van der Waals surface area (Å²) in [5.41, 5.74) is 3.34. The second-order valence-electron chi connectivity index (χ2n) is 5.10. The minimum absolute atomic E-state index is 0.487. The fourth-order valence-corrected chi connectivity index (χ4v) is 2.28. The summed E-state index contributed by atoms with van der Waals surface area (Å²) < 4.78 is 0. The van der Waals surface area contributed by atoms with Gasteiger partial charge in [-0.15, -0.1) is 15.0 Å². The molecule has 0 atom stereocenters. The normalized spacial score (nSPS) is 14.0. The minimum atomic E-state index is 0.487. The summed E-state index contributed by atoms with van der Waals surface area (Å²) >= 11 is 0. The highest BCUT2D eigenvalue weighted by Crippen LogP contribution is 2.16. The zero-order chi connectivity index (χ0) is 16.2. The molecule has 116 valence electrons. The quantitative estimate of drug-likeness (QED) is 0.741. The fourth-order valence-electron chi connectivity index (χ4n) is 2.28. The van der Waals surface area contributed by atoms with Crippen molar-refractivity contribution >= 4 is 11.4 Å². The molecule has 0 spiro atoms. The van der Waals surface area contributed by atoms with Crippen molar-refractivity contribution in [2.24, 2.45) is 4.99 Å². The summed E-state index contributed by atoms with van der Waals surface area (Å²) in [6.45, 7) is 0. The van der Waals surface area contributed by atoms with Crippen LogP contribution in [0.2, 0.25) is 0 Å². The van der Waals surface area contributed by atoms with E-state index in [1.165, 1.54) is 4.80 Å². The zero-order valence-corrected chi connectivity index (χ0v) is 12.7. The average Bonchev–Trinajstić information content (AvgIpc) is 3.01. The van der Waals surface area contributed by atoms with Gasteiger partial charge in [0.2, 0.25) is 5.82 Å². The SMILES string of the molecule is C1=CC(c2cccnc2)=NC=C(n2nnc(-c3ccccn3)n2)C1. The van der Waals surface area contributed by atoms with Crippen LogP contribution in [0.15, 0.2) is 72.3 Å². The summed E-state index contributed by atoms with van der Waals surface area (Å²) in [6.07, 6.45) is 11.6. The number of hydrogen-bond acceptors (Lipinski definition) is 6. The van der Waals surface area contributed by atoms with E-state index in [0.29, 0.717) is 17.9 Å². The van der Waals surface area contributed by atoms with Gasteiger partial charge in [0.05, 0.1) is 17.6 Å². The van der Waals surface area contributed by atoms with Crippen LogP contribution in [0.5, 0.6) is 0 Å². The zero-order valence-electron chi connectivity index (χ0n) is 12.7. The first-order chi connectivity index (χ1) is 11.9. The number of rotatable bonds is 3. The van der Waals surface area contributed by atoms with Gasteiger partial charge >= 0.3 is 0 Å². The van der Waals surface area contributed by atoms with Crippen molar-refractivity contribution < 1.29 is 0 Å². The molecule has 3 aromatic rings. The van der Waals surface area contributed by atoms with Crippen molar-refractivity contribution in [3.05, 3.63) is 72.8 Å². The second kappa shape index (κ2) is 6.33. The highest BCUT2D eigenvalue weighted by Gasteiger charge is 2.11. The van der Waals surface area contributed by atoms with Crippen molar-refractivity contribution in [1.29, 1.82) is 0 Å². The predicted molar refractivity (Wildman–Crippen MR) is 89.9 cm³/mol. The molecule has 0 saturated carbocycles. The molecule has 0 fully saturated rings. The van der Waals surface area contributed by atoms with Crippen LogP contribution in [0, 0.1) is 0 Å². The van der Waals surface area contributed by atoms with Crippen molar-refractivity contribution in [1.82, 2.24) is 30.2 Å². The molecule has 24 heavy (non-hydrogen) atoms. The predicted octanol–water partition coefficient (Wildman–Crippen LogP) is 2.38. The number of pyridine rings is 2. The number of hydrogen-bond donors (Lipinski definition) is 0. The molecule has 0 unspecified atom stereocenters. The molecule has 0 bridgehead atoms. The van der Waals surface area contributed by atoms with Crippen LogP contribution in [0.3, 0.4) is 0 Å². The molecule has 0 N–H and O–H groups in total. The van der Waals surface area contributed by atoms with Crippen LogP contribution < -0.4 is 0 Å². The lowest BCUT2D eigenvalue weighted by atomic mass is 10.1. The first kappa shape index (κ1) is 14.1. The third kappa shape index (κ3) is 2.87. The molecule has 0 aromatic carbocycles. The maximum absolute atomic E-state index is 4.52. The third-order valence-electron chi connectivity index (χ3n) is 3.48. The van der Waals surface area contributed by atoms with E-state index in [4.69, 9.17) is 0 Å². The summed E-state index contributed by atoms with van der Waals surface area (Å²) in [5, 5.41) is 12.6. The number of tetrazole rings is 1. The highest BCUT2D eigenvalue weighted by molar-refractivity contribution is 6.09. The Bertz CT molecular complexity index is 924. The Balaban J connectivity index is 1.64. The first-order valence-electron chi connectivity index (χ1n) is 7.46. The van der Waals surface area contributed by atoms with Gasteiger partial charge in [-0.1, -0.05) is 12.1 Å². The lowest BCUT2D eigenvalue weighted by Gasteiger charge is -1.98. The Morgan fingerprint density at radius 3 is 2.88 bits per heavy atom. The number of nitrogens with zero attached hydrogens (tertiary/aromatic N) is 7. The van der Waals surface area contributed by atoms with Gasteiger partial charge in [0.15, 0.2) is 0 Å². The van der Waals surface area contributed by atoms with E-state index in [9.17, 15) is 0 Å². The highest BCUT2D eigenvalue weighted by atomic mass is 15.6. The lowest BCUT2D eigenvalue weighted by Crippen LogP contribution is -2.01. The standard InChI is InChI=1S/C17H13N7/c1-2-10-19-16(7-1)17-21-23-24(22-17)14-6-3-8-15(20-12-14)13-5-4-9-18-11-13/h1-5,7-12H,6H2. The van der Waals surface area contributed by atoms with Crippen molar-refractivity contribution in [3.8, 4) is 11.5 Å². The maximum atomic E-state index is 4.52. The van der Waals surface area contributed by atoms with Crippen LogP contribution >= 0.6 is 0 Å². The second-order valence-corrected chi connectivity index (χ2v) is 5.10. The van der Waals surface area contributed by atoms with Gasteiger partial charge in [-0.3, -0.25) is 15.0 Å². The molecule has 0 saturated heterocycles. The van der Waals surface area contributed by atoms with E-state index in [-0.39, 0.29) is 0 Å². The molecule has 4 rings (SSSR count). The van der Waals surface area contributed by atoms with Crippen LogP contribution in [0.25, 0.3) is 17.2 Å². The molecule has 0 radical (unpaired) electrons. The van der Waals surface area contributed by atoms with Gasteiger partial charge in [-0.25, -0.2) is 0 Å². The molecule has 7 heteroatoms. The van der Waals surface area contributed by atoms with Crippen LogP contribution in [-0.4, -0.2) is 35.9 Å². The molecule has 3 aromatic heterocycles. The van der Waals surface area contributed by atoms with Gasteiger partial charge in [0, 0.05) is 30.6 Å². The van der Waals surface area contributed by atoms with Crippen LogP contribution in [0.1, 0.15) is 12.0 Å². The molecule has 1 aliphatic heterocycles. The smallest absolute Gasteiger partial charge is 0.223 e. The van der Waals surface area contributed by atoms with E-state index in [1.54, 1.807) is 24.8 Å². The van der Waals surface area contributed by atoms with Gasteiger partial charge in [-0.2, -0.15) is 0 Å². The van der Waals surface area contributed by atoms with E-state index in [0.717, 1.165) is 17.0 Å². The fraction of sp³-hybridized carbons (Fsp3) is 0.0588. The molecular weight excluding hydrogens is 302 g/mol. The molecule has 1 aliphatic rings. The summed E-state index contributed by atoms with van der Waals surface area (Å²) in [7, 11) is 0. The summed E-state index contributed by atoms with van der Waals surface area (Å²) in [6, 6.07) is 9.45. The lowest BCUT2D eigenvalue weighted by molar-refractivity contribution is 0.722. The molecule has 7 nitrogen and oxygen atoms in total. The van der Waals surface area contributed by atoms with Gasteiger partial charge in [0.1, 0.15) is 5.69 Å². The molecule has 0 amide bonds. The van der Waals surface area contributed by atoms with Crippen molar-refractivity contribution in [2.75, 3.05) is 0 Å². The van der Waals surface area contributed by atoms with E-state index in [2.05, 4.69) is 30.4 Å². The van der Waals surface area contributed by atoms with Crippen molar-refractivity contribution in [2.45, 2.75) is 6.42 Å². The number of aromatic nitrogens is 6. The van der Waals surface area contributed by atoms with Gasteiger partial charge in [0.25, 0.3) is 0 Å². The van der Waals surface area contributed by atoms with Gasteiger partial charge in [-0.05, 0) is 35.6 Å². The Labute approximate surface area is 138 Å².